The van der Waals surface area contributed by atoms with E-state index in [-0.39, 0.29) is 16.8 Å². The molecule has 18 heavy (non-hydrogen) atoms. The first-order chi connectivity index (χ1) is 8.20. The van der Waals surface area contributed by atoms with Crippen LogP contribution in [0.4, 0.5) is 5.69 Å². The summed E-state index contributed by atoms with van der Waals surface area (Å²) in [5, 5.41) is 0. The Morgan fingerprint density at radius 2 is 1.89 bits per heavy atom. The van der Waals surface area contributed by atoms with E-state index in [1.165, 1.54) is 18.2 Å². The van der Waals surface area contributed by atoms with Gasteiger partial charge in [-0.25, -0.2) is 4.99 Å². The molecule has 1 aromatic carbocycles. The van der Waals surface area contributed by atoms with E-state index >= 15 is 0 Å². The minimum absolute atomic E-state index is 0.155. The molecule has 0 aliphatic heterocycles. The molecule has 8 nitrogen and oxygen atoms in total. The number of guanidine groups is 2. The lowest BCUT2D eigenvalue weighted by molar-refractivity contribution is 0.483. The fourth-order valence-electron chi connectivity index (χ4n) is 1.19. The number of hydrogen-bond donors (Lipinski definition) is 4. The third-order valence-electron chi connectivity index (χ3n) is 1.94. The summed E-state index contributed by atoms with van der Waals surface area (Å²) in [6.45, 7) is 1.61. The number of benzene rings is 1. The highest BCUT2D eigenvalue weighted by atomic mass is 32.2. The number of aliphatic imine (C=N–C) groups is 2. The average molecular weight is 271 g/mol. The molecule has 0 saturated carbocycles. The Morgan fingerprint density at radius 1 is 1.28 bits per heavy atom. The Hall–Kier alpha value is -2.13. The van der Waals surface area contributed by atoms with E-state index in [0.717, 1.165) is 0 Å². The zero-order valence-electron chi connectivity index (χ0n) is 9.53. The van der Waals surface area contributed by atoms with Crippen LogP contribution in [0.5, 0.6) is 0 Å². The molecule has 0 amide bonds. The minimum atomic E-state index is -4.24. The molecule has 1 rings (SSSR count). The highest BCUT2D eigenvalue weighted by molar-refractivity contribution is 7.85. The van der Waals surface area contributed by atoms with E-state index in [1.54, 1.807) is 6.92 Å². The van der Waals surface area contributed by atoms with E-state index in [0.29, 0.717) is 11.3 Å². The second-order valence-electron chi connectivity index (χ2n) is 3.43. The fourth-order valence-corrected chi connectivity index (χ4v) is 1.76. The molecule has 0 aliphatic rings. The van der Waals surface area contributed by atoms with Gasteiger partial charge in [0.15, 0.2) is 5.96 Å². The summed E-state index contributed by atoms with van der Waals surface area (Å²) in [5.74, 6) is -0.388. The van der Waals surface area contributed by atoms with E-state index in [1.807, 2.05) is 0 Å². The van der Waals surface area contributed by atoms with E-state index in [9.17, 15) is 8.42 Å². The molecule has 0 fully saturated rings. The zero-order valence-corrected chi connectivity index (χ0v) is 10.3. The van der Waals surface area contributed by atoms with Crippen molar-refractivity contribution in [2.75, 3.05) is 0 Å². The van der Waals surface area contributed by atoms with Crippen molar-refractivity contribution in [2.24, 2.45) is 27.2 Å². The molecule has 0 atom stereocenters. The number of nitrogens with zero attached hydrogens (tertiary/aromatic N) is 2. The van der Waals surface area contributed by atoms with Crippen LogP contribution in [-0.2, 0) is 10.1 Å². The highest BCUT2D eigenvalue weighted by Crippen LogP contribution is 2.22. The summed E-state index contributed by atoms with van der Waals surface area (Å²) in [7, 11) is -4.24. The SMILES string of the molecule is Cc1cc(S(=O)(=O)O)ccc1N=C(N)N=C(N)N. The number of hydrogen-bond acceptors (Lipinski definition) is 3. The normalized spacial score (nSPS) is 12.2. The molecule has 0 heterocycles. The second kappa shape index (κ2) is 5.02. The lowest BCUT2D eigenvalue weighted by Crippen LogP contribution is -2.26. The smallest absolute Gasteiger partial charge is 0.294 e. The molecule has 1 aromatic rings. The van der Waals surface area contributed by atoms with Crippen molar-refractivity contribution in [3.8, 4) is 0 Å². The third-order valence-corrected chi connectivity index (χ3v) is 2.79. The van der Waals surface area contributed by atoms with Crippen molar-refractivity contribution in [2.45, 2.75) is 11.8 Å². The van der Waals surface area contributed by atoms with Crippen LogP contribution in [0.15, 0.2) is 33.1 Å². The molecule has 0 saturated heterocycles. The molecule has 0 spiro atoms. The number of nitrogens with two attached hydrogens (primary N) is 3. The quantitative estimate of drug-likeness (QED) is 0.321. The van der Waals surface area contributed by atoms with Gasteiger partial charge in [-0.15, -0.1) is 0 Å². The van der Waals surface area contributed by atoms with Crippen molar-refractivity contribution in [1.82, 2.24) is 0 Å². The van der Waals surface area contributed by atoms with E-state index in [4.69, 9.17) is 21.8 Å². The van der Waals surface area contributed by atoms with Gasteiger partial charge in [-0.2, -0.15) is 13.4 Å². The lowest BCUT2D eigenvalue weighted by atomic mass is 10.2. The Kier molecular flexibility index (Phi) is 3.89. The van der Waals surface area contributed by atoms with Gasteiger partial charge < -0.3 is 17.2 Å². The maximum absolute atomic E-state index is 10.9. The van der Waals surface area contributed by atoms with Gasteiger partial charge >= 0.3 is 0 Å². The van der Waals surface area contributed by atoms with Crippen LogP contribution in [-0.4, -0.2) is 24.9 Å². The van der Waals surface area contributed by atoms with E-state index in [2.05, 4.69) is 9.98 Å². The van der Waals surface area contributed by atoms with Gasteiger partial charge in [-0.3, -0.25) is 4.55 Å². The van der Waals surface area contributed by atoms with Crippen LogP contribution in [0.1, 0.15) is 5.56 Å². The molecule has 0 aliphatic carbocycles. The monoisotopic (exact) mass is 271 g/mol. The van der Waals surface area contributed by atoms with Gasteiger partial charge in [0.25, 0.3) is 10.1 Å². The molecule has 98 valence electrons. The molecule has 0 unspecified atom stereocenters. The molecule has 9 heteroatoms. The van der Waals surface area contributed by atoms with Crippen LogP contribution in [0.3, 0.4) is 0 Å². The molecule has 7 N–H and O–H groups in total. The fraction of sp³-hybridized carbons (Fsp3) is 0.111. The summed E-state index contributed by atoms with van der Waals surface area (Å²) in [5.41, 5.74) is 16.6. The van der Waals surface area contributed by atoms with Crippen LogP contribution >= 0.6 is 0 Å². The van der Waals surface area contributed by atoms with Gasteiger partial charge in [0, 0.05) is 0 Å². The summed E-state index contributed by atoms with van der Waals surface area (Å²) in [4.78, 5) is 7.19. The maximum Gasteiger partial charge on any atom is 0.294 e. The van der Waals surface area contributed by atoms with Crippen molar-refractivity contribution in [3.05, 3.63) is 23.8 Å². The van der Waals surface area contributed by atoms with Gasteiger partial charge in [0.2, 0.25) is 5.96 Å². The van der Waals surface area contributed by atoms with Crippen molar-refractivity contribution in [3.63, 3.8) is 0 Å². The Morgan fingerprint density at radius 3 is 2.33 bits per heavy atom. The summed E-state index contributed by atoms with van der Waals surface area (Å²) >= 11 is 0. The highest BCUT2D eigenvalue weighted by Gasteiger charge is 2.10. The van der Waals surface area contributed by atoms with Crippen molar-refractivity contribution < 1.29 is 13.0 Å². The van der Waals surface area contributed by atoms with Gasteiger partial charge in [0.05, 0.1) is 10.6 Å². The molecular formula is C9H13N5O3S. The van der Waals surface area contributed by atoms with Crippen molar-refractivity contribution in [1.29, 1.82) is 0 Å². The van der Waals surface area contributed by atoms with Gasteiger partial charge in [0.1, 0.15) is 0 Å². The number of aryl methyl sites for hydroxylation is 1. The maximum atomic E-state index is 10.9. The predicted octanol–water partition coefficient (Wildman–Crippen LogP) is -0.539. The van der Waals surface area contributed by atoms with Crippen molar-refractivity contribution >= 4 is 27.7 Å². The Bertz CT molecular complexity index is 617. The molecule has 0 aromatic heterocycles. The largest absolute Gasteiger partial charge is 0.370 e. The number of rotatable bonds is 2. The van der Waals surface area contributed by atoms with Crippen LogP contribution < -0.4 is 17.2 Å². The first kappa shape index (κ1) is 13.9. The molecule has 0 bridgehead atoms. The van der Waals surface area contributed by atoms with Crippen LogP contribution in [0.2, 0.25) is 0 Å². The molecule has 0 radical (unpaired) electrons. The lowest BCUT2D eigenvalue weighted by Gasteiger charge is -2.03. The average Bonchev–Trinajstić information content (AvgIpc) is 2.18. The standard InChI is InChI=1S/C9H13N5O3S/c1-5-4-6(18(15,16)17)2-3-7(5)13-9(12)14-8(10)11/h2-4H,1H3,(H,15,16,17)(H6,10,11,12,13,14). The second-order valence-corrected chi connectivity index (χ2v) is 4.85. The third kappa shape index (κ3) is 3.71. The first-order valence-corrected chi connectivity index (χ1v) is 6.16. The Labute approximate surface area is 104 Å². The first-order valence-electron chi connectivity index (χ1n) is 4.72. The minimum Gasteiger partial charge on any atom is -0.370 e. The zero-order chi connectivity index (χ0) is 13.9. The van der Waals surface area contributed by atoms with Gasteiger partial charge in [-0.05, 0) is 30.7 Å². The van der Waals surface area contributed by atoms with Crippen LogP contribution in [0.25, 0.3) is 0 Å². The van der Waals surface area contributed by atoms with E-state index < -0.39 is 10.1 Å². The summed E-state index contributed by atoms with van der Waals surface area (Å²) in [6.07, 6.45) is 0. The molecular weight excluding hydrogens is 258 g/mol. The summed E-state index contributed by atoms with van der Waals surface area (Å²) < 4.78 is 30.7. The summed E-state index contributed by atoms with van der Waals surface area (Å²) in [6, 6.07) is 3.84. The topological polar surface area (TPSA) is 157 Å². The van der Waals surface area contributed by atoms with Crippen LogP contribution in [0, 0.1) is 6.92 Å². The van der Waals surface area contributed by atoms with Gasteiger partial charge in [-0.1, -0.05) is 0 Å². The Balaban J connectivity index is 3.19. The predicted molar refractivity (Wildman–Crippen MR) is 68.1 cm³/mol.